The van der Waals surface area contributed by atoms with Gasteiger partial charge in [0.2, 0.25) is 0 Å². The summed E-state index contributed by atoms with van der Waals surface area (Å²) in [6.45, 7) is 9.16. The fourth-order valence-electron chi connectivity index (χ4n) is 4.34. The average molecular weight is 496 g/mol. The first kappa shape index (κ1) is 24.8. The Balaban J connectivity index is 1.47. The van der Waals surface area contributed by atoms with Gasteiger partial charge in [-0.3, -0.25) is 4.79 Å². The van der Waals surface area contributed by atoms with Crippen LogP contribution in [0.25, 0.3) is 11.1 Å². The van der Waals surface area contributed by atoms with E-state index in [-0.39, 0.29) is 12.0 Å². The largest absolute Gasteiger partial charge is 0.444 e. The highest BCUT2D eigenvalue weighted by Gasteiger charge is 2.27. The highest BCUT2D eigenvalue weighted by atomic mass is 35.5. The number of pyridine rings is 1. The zero-order valence-electron chi connectivity index (χ0n) is 20.4. The number of ether oxygens (including phenoxy) is 1. The number of nitriles is 1. The SMILES string of the molecule is CC(C)(C)OC(=O)N1CCN(c2ncc(-c3ccc(C(=O)N4CCCC4)c(Cl)c3)cc2C#N)CC1. The first-order valence-electron chi connectivity index (χ1n) is 11.9. The first-order chi connectivity index (χ1) is 16.7. The molecule has 4 rings (SSSR count). The molecule has 2 aromatic rings. The van der Waals surface area contributed by atoms with E-state index in [0.717, 1.165) is 37.1 Å². The molecule has 2 amide bonds. The van der Waals surface area contributed by atoms with E-state index < -0.39 is 5.60 Å². The maximum Gasteiger partial charge on any atom is 0.410 e. The Morgan fingerprint density at radius 3 is 2.29 bits per heavy atom. The van der Waals surface area contributed by atoms with Crippen LogP contribution in [0.1, 0.15) is 49.5 Å². The summed E-state index contributed by atoms with van der Waals surface area (Å²) in [7, 11) is 0. The van der Waals surface area contributed by atoms with Crippen molar-refractivity contribution in [3.8, 4) is 17.2 Å². The van der Waals surface area contributed by atoms with Gasteiger partial charge in [0.25, 0.3) is 5.91 Å². The number of carbonyl (C=O) groups excluding carboxylic acids is 2. The molecule has 8 nitrogen and oxygen atoms in total. The zero-order valence-corrected chi connectivity index (χ0v) is 21.1. The molecule has 0 bridgehead atoms. The van der Waals surface area contributed by atoms with Gasteiger partial charge in [0.15, 0.2) is 0 Å². The summed E-state index contributed by atoms with van der Waals surface area (Å²) in [6, 6.07) is 9.37. The average Bonchev–Trinajstić information content (AvgIpc) is 3.37. The summed E-state index contributed by atoms with van der Waals surface area (Å²) in [5.41, 5.74) is 1.94. The number of likely N-dealkylation sites (tertiary alicyclic amines) is 1. The normalized spacial score (nSPS) is 16.3. The lowest BCUT2D eigenvalue weighted by molar-refractivity contribution is 0.0240. The number of benzene rings is 1. The van der Waals surface area contributed by atoms with Gasteiger partial charge >= 0.3 is 6.09 Å². The van der Waals surface area contributed by atoms with Gasteiger partial charge in [-0.1, -0.05) is 17.7 Å². The minimum absolute atomic E-state index is 0.0456. The van der Waals surface area contributed by atoms with Crippen LogP contribution >= 0.6 is 11.6 Å². The van der Waals surface area contributed by atoms with E-state index in [1.165, 1.54) is 0 Å². The van der Waals surface area contributed by atoms with E-state index in [2.05, 4.69) is 11.1 Å². The Kier molecular flexibility index (Phi) is 7.18. The lowest BCUT2D eigenvalue weighted by Crippen LogP contribution is -2.50. The van der Waals surface area contributed by atoms with Crippen molar-refractivity contribution in [2.45, 2.75) is 39.2 Å². The van der Waals surface area contributed by atoms with Gasteiger partial charge in [-0.05, 0) is 57.4 Å². The van der Waals surface area contributed by atoms with E-state index >= 15 is 0 Å². The second-order valence-electron chi connectivity index (χ2n) is 9.86. The molecular formula is C26H30ClN5O3. The van der Waals surface area contributed by atoms with Crippen LogP contribution in [0, 0.1) is 11.3 Å². The number of hydrogen-bond donors (Lipinski definition) is 0. The van der Waals surface area contributed by atoms with E-state index in [1.54, 1.807) is 29.3 Å². The number of hydrogen-bond acceptors (Lipinski definition) is 6. The molecule has 0 saturated carbocycles. The van der Waals surface area contributed by atoms with E-state index in [4.69, 9.17) is 16.3 Å². The summed E-state index contributed by atoms with van der Waals surface area (Å²) in [4.78, 5) is 35.1. The topological polar surface area (TPSA) is 89.8 Å². The Hall–Kier alpha value is -3.31. The van der Waals surface area contributed by atoms with Crippen molar-refractivity contribution >= 4 is 29.4 Å². The van der Waals surface area contributed by atoms with Crippen LogP contribution in [0.2, 0.25) is 5.02 Å². The molecule has 35 heavy (non-hydrogen) atoms. The van der Waals surface area contributed by atoms with E-state index in [1.807, 2.05) is 36.6 Å². The maximum absolute atomic E-state index is 12.7. The van der Waals surface area contributed by atoms with Crippen molar-refractivity contribution in [2.24, 2.45) is 0 Å². The number of aromatic nitrogens is 1. The molecule has 2 fully saturated rings. The molecule has 0 aliphatic carbocycles. The first-order valence-corrected chi connectivity index (χ1v) is 12.3. The predicted octanol–water partition coefficient (Wildman–Crippen LogP) is 4.57. The third-order valence-electron chi connectivity index (χ3n) is 6.14. The molecule has 0 atom stereocenters. The molecular weight excluding hydrogens is 466 g/mol. The Morgan fingerprint density at radius 2 is 1.69 bits per heavy atom. The van der Waals surface area contributed by atoms with Crippen LogP contribution in [0.5, 0.6) is 0 Å². The van der Waals surface area contributed by atoms with Gasteiger partial charge in [0.05, 0.1) is 16.1 Å². The van der Waals surface area contributed by atoms with Crippen molar-refractivity contribution in [2.75, 3.05) is 44.2 Å². The van der Waals surface area contributed by atoms with E-state index in [9.17, 15) is 14.9 Å². The van der Waals surface area contributed by atoms with Crippen LogP contribution in [0.4, 0.5) is 10.6 Å². The van der Waals surface area contributed by atoms with Crippen molar-refractivity contribution < 1.29 is 14.3 Å². The third-order valence-corrected chi connectivity index (χ3v) is 6.46. The summed E-state index contributed by atoms with van der Waals surface area (Å²) in [5, 5.41) is 10.2. The second kappa shape index (κ2) is 10.1. The lowest BCUT2D eigenvalue weighted by atomic mass is 10.0. The smallest absolute Gasteiger partial charge is 0.410 e. The number of carbonyl (C=O) groups is 2. The minimum atomic E-state index is -0.540. The predicted molar refractivity (Wildman–Crippen MR) is 135 cm³/mol. The Labute approximate surface area is 211 Å². The molecule has 2 aliphatic rings. The lowest BCUT2D eigenvalue weighted by Gasteiger charge is -2.36. The molecule has 2 aliphatic heterocycles. The van der Waals surface area contributed by atoms with Gasteiger partial charge in [-0.25, -0.2) is 9.78 Å². The number of amides is 2. The zero-order chi connectivity index (χ0) is 25.2. The second-order valence-corrected chi connectivity index (χ2v) is 10.3. The third kappa shape index (κ3) is 5.68. The fraction of sp³-hybridized carbons (Fsp3) is 0.462. The molecule has 184 valence electrons. The van der Waals surface area contributed by atoms with Gasteiger partial charge in [-0.2, -0.15) is 5.26 Å². The monoisotopic (exact) mass is 495 g/mol. The van der Waals surface area contributed by atoms with Crippen LogP contribution in [-0.4, -0.2) is 71.7 Å². The van der Waals surface area contributed by atoms with Crippen molar-refractivity contribution in [1.82, 2.24) is 14.8 Å². The number of rotatable bonds is 3. The Morgan fingerprint density at radius 1 is 1.00 bits per heavy atom. The molecule has 9 heteroatoms. The molecule has 0 radical (unpaired) electrons. The summed E-state index contributed by atoms with van der Waals surface area (Å²) in [5.74, 6) is 0.544. The molecule has 0 N–H and O–H groups in total. The van der Waals surface area contributed by atoms with Crippen LogP contribution in [0.15, 0.2) is 30.5 Å². The van der Waals surface area contributed by atoms with Gasteiger partial charge in [-0.15, -0.1) is 0 Å². The fourth-order valence-corrected chi connectivity index (χ4v) is 4.60. The van der Waals surface area contributed by atoms with Crippen LogP contribution < -0.4 is 4.90 Å². The molecule has 3 heterocycles. The molecule has 1 aromatic heterocycles. The summed E-state index contributed by atoms with van der Waals surface area (Å²) < 4.78 is 5.46. The molecule has 0 spiro atoms. The number of anilines is 1. The van der Waals surface area contributed by atoms with Crippen molar-refractivity contribution in [1.29, 1.82) is 5.26 Å². The minimum Gasteiger partial charge on any atom is -0.444 e. The van der Waals surface area contributed by atoms with Gasteiger partial charge in [0.1, 0.15) is 17.5 Å². The van der Waals surface area contributed by atoms with Crippen LogP contribution in [0.3, 0.4) is 0 Å². The molecule has 2 saturated heterocycles. The number of piperazine rings is 1. The van der Waals surface area contributed by atoms with E-state index in [0.29, 0.717) is 48.1 Å². The number of nitrogens with zero attached hydrogens (tertiary/aromatic N) is 5. The van der Waals surface area contributed by atoms with Crippen LogP contribution in [-0.2, 0) is 4.74 Å². The highest BCUT2D eigenvalue weighted by molar-refractivity contribution is 6.34. The Bertz CT molecular complexity index is 1160. The summed E-state index contributed by atoms with van der Waals surface area (Å²) in [6.07, 6.45) is 3.42. The van der Waals surface area contributed by atoms with Gasteiger partial charge in [0, 0.05) is 51.0 Å². The maximum atomic E-state index is 12.7. The standard InChI is InChI=1S/C26H30ClN5O3/c1-26(2,3)35-25(34)32-12-10-30(11-13-32)23-19(16-28)14-20(17-29-23)18-6-7-21(22(27)15-18)24(33)31-8-4-5-9-31/h6-7,14-15,17H,4-5,8-13H2,1-3H3. The van der Waals surface area contributed by atoms with Gasteiger partial charge < -0.3 is 19.4 Å². The summed E-state index contributed by atoms with van der Waals surface area (Å²) >= 11 is 6.47. The number of halogens is 1. The van der Waals surface area contributed by atoms with Crippen molar-refractivity contribution in [3.63, 3.8) is 0 Å². The molecule has 0 unspecified atom stereocenters. The molecule has 1 aromatic carbocycles. The van der Waals surface area contributed by atoms with Crippen molar-refractivity contribution in [3.05, 3.63) is 46.6 Å². The quantitative estimate of drug-likeness (QED) is 0.619. The highest BCUT2D eigenvalue weighted by Crippen LogP contribution is 2.30.